The van der Waals surface area contributed by atoms with Gasteiger partial charge in [0.2, 0.25) is 0 Å². The first-order chi connectivity index (χ1) is 5.86. The van der Waals surface area contributed by atoms with Gasteiger partial charge in [-0.3, -0.25) is 9.79 Å². The number of hydrogen-bond acceptors (Lipinski definition) is 2. The van der Waals surface area contributed by atoms with Gasteiger partial charge in [-0.15, -0.1) is 12.4 Å². The lowest BCUT2D eigenvalue weighted by molar-refractivity contribution is -0.117. The van der Waals surface area contributed by atoms with Crippen molar-refractivity contribution in [3.8, 4) is 0 Å². The molecule has 0 fully saturated rings. The van der Waals surface area contributed by atoms with Crippen LogP contribution < -0.4 is 0 Å². The minimum Gasteiger partial charge on any atom is -0.299 e. The lowest BCUT2D eigenvalue weighted by atomic mass is 9.93. The van der Waals surface area contributed by atoms with Gasteiger partial charge < -0.3 is 0 Å². The van der Waals surface area contributed by atoms with E-state index >= 15 is 0 Å². The molecular weight excluding hydrogens is 186 g/mol. The van der Waals surface area contributed by atoms with Gasteiger partial charge in [-0.1, -0.05) is 6.08 Å². The zero-order valence-corrected chi connectivity index (χ0v) is 7.88. The Labute approximate surface area is 83.2 Å². The van der Waals surface area contributed by atoms with Crippen molar-refractivity contribution in [3.63, 3.8) is 0 Å². The van der Waals surface area contributed by atoms with Crippen LogP contribution in [0.4, 0.5) is 0 Å². The molecule has 2 aliphatic rings. The van der Waals surface area contributed by atoms with Crippen LogP contribution in [0.25, 0.3) is 0 Å². The van der Waals surface area contributed by atoms with Gasteiger partial charge in [0.15, 0.2) is 0 Å². The highest BCUT2D eigenvalue weighted by molar-refractivity contribution is 5.88. The van der Waals surface area contributed by atoms with Gasteiger partial charge in [-0.05, 0) is 23.3 Å². The molecule has 0 aromatic heterocycles. The second-order valence-electron chi connectivity index (χ2n) is 2.88. The molecule has 68 valence electrons. The Balaban J connectivity index is 0.000000845. The van der Waals surface area contributed by atoms with Gasteiger partial charge in [0.25, 0.3) is 0 Å². The van der Waals surface area contributed by atoms with Crippen molar-refractivity contribution in [2.75, 3.05) is 0 Å². The summed E-state index contributed by atoms with van der Waals surface area (Å²) in [5.74, 6) is 0.286. The van der Waals surface area contributed by atoms with Crippen LogP contribution in [0.3, 0.4) is 0 Å². The first-order valence-corrected chi connectivity index (χ1v) is 3.97. The quantitative estimate of drug-likeness (QED) is 0.583. The van der Waals surface area contributed by atoms with E-state index in [9.17, 15) is 4.79 Å². The molecule has 0 radical (unpaired) electrons. The molecule has 1 heterocycles. The van der Waals surface area contributed by atoms with Crippen LogP contribution in [0.1, 0.15) is 12.8 Å². The number of carbonyl (C=O) groups excluding carboxylic acids is 1. The molecule has 1 aliphatic heterocycles. The maximum absolute atomic E-state index is 11.1. The van der Waals surface area contributed by atoms with Crippen molar-refractivity contribution in [2.24, 2.45) is 4.99 Å². The van der Waals surface area contributed by atoms with Gasteiger partial charge in [0.1, 0.15) is 5.78 Å². The van der Waals surface area contributed by atoms with E-state index in [1.165, 1.54) is 0 Å². The molecule has 0 saturated heterocycles. The first kappa shape index (κ1) is 9.93. The second kappa shape index (κ2) is 4.19. The number of halogens is 1. The van der Waals surface area contributed by atoms with Gasteiger partial charge in [-0.2, -0.15) is 0 Å². The number of fused-ring (bicyclic) bond motifs is 1. The van der Waals surface area contributed by atoms with E-state index < -0.39 is 0 Å². The number of ketones is 1. The van der Waals surface area contributed by atoms with E-state index in [0.29, 0.717) is 12.8 Å². The predicted molar refractivity (Wildman–Crippen MR) is 55.3 cm³/mol. The minimum absolute atomic E-state index is 0. The van der Waals surface area contributed by atoms with E-state index in [1.807, 2.05) is 18.2 Å². The lowest BCUT2D eigenvalue weighted by Gasteiger charge is -2.11. The average Bonchev–Trinajstić information content (AvgIpc) is 2.28. The summed E-state index contributed by atoms with van der Waals surface area (Å²) in [5, 5.41) is 0. The molecule has 0 aromatic carbocycles. The summed E-state index contributed by atoms with van der Waals surface area (Å²) in [7, 11) is 0. The fourth-order valence-electron chi connectivity index (χ4n) is 1.38. The molecule has 0 unspecified atom stereocenters. The van der Waals surface area contributed by atoms with Crippen LogP contribution in [0.5, 0.6) is 0 Å². The molecule has 0 aromatic rings. The fraction of sp³-hybridized carbons (Fsp3) is 0.200. The Morgan fingerprint density at radius 1 is 1.38 bits per heavy atom. The van der Waals surface area contributed by atoms with Gasteiger partial charge in [-0.25, -0.2) is 0 Å². The summed E-state index contributed by atoms with van der Waals surface area (Å²) in [6, 6.07) is 0. The van der Waals surface area contributed by atoms with E-state index in [2.05, 4.69) is 4.99 Å². The van der Waals surface area contributed by atoms with Crippen molar-refractivity contribution in [1.82, 2.24) is 0 Å². The van der Waals surface area contributed by atoms with Crippen molar-refractivity contribution in [1.29, 1.82) is 0 Å². The fourth-order valence-corrected chi connectivity index (χ4v) is 1.38. The zero-order chi connectivity index (χ0) is 8.39. The first-order valence-electron chi connectivity index (χ1n) is 3.97. The number of nitrogens with zero attached hydrogens (tertiary/aromatic N) is 1. The summed E-state index contributed by atoms with van der Waals surface area (Å²) in [6.45, 7) is 0. The molecule has 1 aliphatic carbocycles. The average molecular weight is 196 g/mol. The van der Waals surface area contributed by atoms with Crippen molar-refractivity contribution < 1.29 is 4.79 Å². The SMILES string of the molecule is Cl.O=C1CC=C2C=CN=CC=C2C1. The molecular formula is C10H10ClNO. The van der Waals surface area contributed by atoms with E-state index in [0.717, 1.165) is 11.1 Å². The monoisotopic (exact) mass is 195 g/mol. The molecule has 0 atom stereocenters. The molecule has 0 N–H and O–H groups in total. The molecule has 0 spiro atoms. The number of rotatable bonds is 0. The highest BCUT2D eigenvalue weighted by Crippen LogP contribution is 2.23. The van der Waals surface area contributed by atoms with Crippen LogP contribution in [-0.2, 0) is 4.79 Å². The normalized spacial score (nSPS) is 19.5. The third kappa shape index (κ3) is 2.16. The van der Waals surface area contributed by atoms with Crippen molar-refractivity contribution in [3.05, 3.63) is 35.6 Å². The third-order valence-corrected chi connectivity index (χ3v) is 2.01. The van der Waals surface area contributed by atoms with Crippen LogP contribution in [0.15, 0.2) is 40.6 Å². The van der Waals surface area contributed by atoms with Crippen molar-refractivity contribution in [2.45, 2.75) is 12.8 Å². The standard InChI is InChI=1S/C10H9NO.ClH/c12-10-2-1-8-3-5-11-6-4-9(8)7-10;/h1,3-6H,2,7H2;1H. The summed E-state index contributed by atoms with van der Waals surface area (Å²) in [5.41, 5.74) is 2.23. The molecule has 13 heavy (non-hydrogen) atoms. The Morgan fingerprint density at radius 3 is 3.08 bits per heavy atom. The maximum Gasteiger partial charge on any atom is 0.141 e. The summed E-state index contributed by atoms with van der Waals surface area (Å²) < 4.78 is 0. The third-order valence-electron chi connectivity index (χ3n) is 2.01. The van der Waals surface area contributed by atoms with Crippen molar-refractivity contribution >= 4 is 24.4 Å². The van der Waals surface area contributed by atoms with Crippen LogP contribution >= 0.6 is 12.4 Å². The summed E-state index contributed by atoms with van der Waals surface area (Å²) in [6.07, 6.45) is 10.4. The van der Waals surface area contributed by atoms with Gasteiger partial charge >= 0.3 is 0 Å². The Hall–Kier alpha value is -1.15. The number of allylic oxidation sites excluding steroid dienone is 5. The smallest absolute Gasteiger partial charge is 0.141 e. The summed E-state index contributed by atoms with van der Waals surface area (Å²) in [4.78, 5) is 15.1. The van der Waals surface area contributed by atoms with E-state index in [4.69, 9.17) is 0 Å². The lowest BCUT2D eigenvalue weighted by Crippen LogP contribution is -2.05. The Kier molecular flexibility index (Phi) is 3.20. The highest BCUT2D eigenvalue weighted by Gasteiger charge is 2.13. The largest absolute Gasteiger partial charge is 0.299 e. The molecule has 3 heteroatoms. The molecule has 0 saturated carbocycles. The molecule has 0 amide bonds. The molecule has 2 nitrogen and oxygen atoms in total. The number of aliphatic imine (C=N–C) groups is 1. The molecule has 0 bridgehead atoms. The van der Waals surface area contributed by atoms with Gasteiger partial charge in [0.05, 0.1) is 0 Å². The van der Waals surface area contributed by atoms with Crippen LogP contribution in [0.2, 0.25) is 0 Å². The van der Waals surface area contributed by atoms with E-state index in [-0.39, 0.29) is 18.2 Å². The van der Waals surface area contributed by atoms with Crippen LogP contribution in [-0.4, -0.2) is 12.0 Å². The highest BCUT2D eigenvalue weighted by atomic mass is 35.5. The van der Waals surface area contributed by atoms with Gasteiger partial charge in [0, 0.05) is 25.3 Å². The van der Waals surface area contributed by atoms with Crippen LogP contribution in [0, 0.1) is 0 Å². The topological polar surface area (TPSA) is 29.4 Å². The number of hydrogen-bond donors (Lipinski definition) is 0. The minimum atomic E-state index is 0. The van der Waals surface area contributed by atoms with E-state index in [1.54, 1.807) is 12.4 Å². The summed E-state index contributed by atoms with van der Waals surface area (Å²) >= 11 is 0. The number of carbonyl (C=O) groups is 1. The predicted octanol–water partition coefficient (Wildman–Crippen LogP) is 2.22. The second-order valence-corrected chi connectivity index (χ2v) is 2.88. The zero-order valence-electron chi connectivity index (χ0n) is 7.06. The Bertz CT molecular complexity index is 337. The maximum atomic E-state index is 11.1. The Morgan fingerprint density at radius 2 is 2.23 bits per heavy atom. The number of Topliss-reactive ketones (excluding diaryl/α,β-unsaturated/α-hetero) is 1. The molecule has 2 rings (SSSR count).